The molecule has 0 radical (unpaired) electrons. The third kappa shape index (κ3) is 2.49. The summed E-state index contributed by atoms with van der Waals surface area (Å²) in [7, 11) is 0. The molecule has 2 heterocycles. The van der Waals surface area contributed by atoms with E-state index in [1.807, 2.05) is 24.3 Å². The molecule has 0 bridgehead atoms. The number of rotatable bonds is 3. The monoisotopic (exact) mass is 260 g/mol. The van der Waals surface area contributed by atoms with Gasteiger partial charge in [0, 0.05) is 0 Å². The van der Waals surface area contributed by atoms with Gasteiger partial charge < -0.3 is 14.8 Å². The minimum atomic E-state index is -0.295. The minimum absolute atomic E-state index is 0.217. The molecule has 0 fully saturated rings. The van der Waals surface area contributed by atoms with Crippen LogP contribution in [-0.4, -0.2) is 40.6 Å². The van der Waals surface area contributed by atoms with Crippen molar-refractivity contribution in [3.63, 3.8) is 0 Å². The van der Waals surface area contributed by atoms with E-state index in [1.54, 1.807) is 0 Å². The van der Waals surface area contributed by atoms with Crippen molar-refractivity contribution >= 4 is 5.91 Å². The van der Waals surface area contributed by atoms with Crippen LogP contribution in [0.4, 0.5) is 0 Å². The van der Waals surface area contributed by atoms with Crippen LogP contribution in [0.5, 0.6) is 11.5 Å². The van der Waals surface area contributed by atoms with E-state index in [-0.39, 0.29) is 17.7 Å². The Labute approximate surface area is 108 Å². The van der Waals surface area contributed by atoms with Crippen LogP contribution < -0.4 is 14.8 Å². The van der Waals surface area contributed by atoms with Gasteiger partial charge in [-0.2, -0.15) is 15.4 Å². The quantitative estimate of drug-likeness (QED) is 0.832. The van der Waals surface area contributed by atoms with E-state index < -0.39 is 0 Å². The Bertz CT molecular complexity index is 570. The first-order valence-electron chi connectivity index (χ1n) is 5.85. The number of amides is 1. The van der Waals surface area contributed by atoms with Crippen molar-refractivity contribution in [2.75, 3.05) is 13.2 Å². The van der Waals surface area contributed by atoms with Crippen LogP contribution in [0.25, 0.3) is 0 Å². The molecule has 7 heteroatoms. The fourth-order valence-electron chi connectivity index (χ4n) is 1.77. The first-order valence-corrected chi connectivity index (χ1v) is 5.85. The van der Waals surface area contributed by atoms with Crippen molar-refractivity contribution in [3.05, 3.63) is 36.2 Å². The van der Waals surface area contributed by atoms with Gasteiger partial charge in [0.2, 0.25) is 0 Å². The highest BCUT2D eigenvalue weighted by molar-refractivity contribution is 5.91. The number of carbonyl (C=O) groups is 1. The summed E-state index contributed by atoms with van der Waals surface area (Å²) in [4.78, 5) is 11.7. The lowest BCUT2D eigenvalue weighted by Gasteiger charge is -2.26. The molecular weight excluding hydrogens is 248 g/mol. The maximum Gasteiger partial charge on any atom is 0.273 e. The van der Waals surface area contributed by atoms with Gasteiger partial charge in [0.25, 0.3) is 5.91 Å². The van der Waals surface area contributed by atoms with Gasteiger partial charge in [-0.15, -0.1) is 0 Å². The number of fused-ring (bicyclic) bond motifs is 1. The standard InChI is InChI=1S/C12H12N4O3/c17-12(9-6-14-16-15-9)13-5-8-7-18-10-3-1-2-4-11(10)19-8/h1-4,6,8H,5,7H2,(H,13,17)(H,14,15,16). The highest BCUT2D eigenvalue weighted by atomic mass is 16.6. The Morgan fingerprint density at radius 2 is 2.26 bits per heavy atom. The molecule has 1 aliphatic heterocycles. The molecule has 1 amide bonds. The van der Waals surface area contributed by atoms with Crippen molar-refractivity contribution in [3.8, 4) is 11.5 Å². The predicted octanol–water partition coefficient (Wildman–Crippen LogP) is 0.374. The number of aromatic nitrogens is 3. The maximum absolute atomic E-state index is 11.7. The van der Waals surface area contributed by atoms with Crippen molar-refractivity contribution < 1.29 is 14.3 Å². The topological polar surface area (TPSA) is 89.1 Å². The van der Waals surface area contributed by atoms with Crippen LogP contribution in [0.1, 0.15) is 10.5 Å². The number of carbonyl (C=O) groups excluding carboxylic acids is 1. The van der Waals surface area contributed by atoms with E-state index in [0.717, 1.165) is 5.75 Å². The Balaban J connectivity index is 1.57. The van der Waals surface area contributed by atoms with Crippen molar-refractivity contribution in [1.29, 1.82) is 0 Å². The molecule has 2 aromatic rings. The van der Waals surface area contributed by atoms with Crippen LogP contribution in [-0.2, 0) is 0 Å². The van der Waals surface area contributed by atoms with Crippen LogP contribution in [0.15, 0.2) is 30.5 Å². The van der Waals surface area contributed by atoms with Gasteiger partial charge in [0.05, 0.1) is 12.7 Å². The second-order valence-electron chi connectivity index (χ2n) is 4.06. The average molecular weight is 260 g/mol. The lowest BCUT2D eigenvalue weighted by Crippen LogP contribution is -2.40. The Morgan fingerprint density at radius 1 is 1.42 bits per heavy atom. The molecule has 2 N–H and O–H groups in total. The summed E-state index contributed by atoms with van der Waals surface area (Å²) in [5.74, 6) is 1.12. The van der Waals surface area contributed by atoms with Gasteiger partial charge in [-0.25, -0.2) is 0 Å². The Hall–Kier alpha value is -2.57. The van der Waals surface area contributed by atoms with Gasteiger partial charge in [-0.1, -0.05) is 12.1 Å². The molecule has 1 aromatic heterocycles. The average Bonchev–Trinajstić information content (AvgIpc) is 2.99. The van der Waals surface area contributed by atoms with Gasteiger partial charge in [0.1, 0.15) is 12.7 Å². The molecule has 0 spiro atoms. The SMILES string of the molecule is O=C(NCC1COc2ccccc2O1)c1cn[nH]n1. The number of hydrogen-bond donors (Lipinski definition) is 2. The first kappa shape index (κ1) is 11.5. The molecule has 1 unspecified atom stereocenters. The molecule has 0 saturated heterocycles. The first-order chi connectivity index (χ1) is 9.33. The molecule has 0 aliphatic carbocycles. The van der Waals surface area contributed by atoms with Gasteiger partial charge >= 0.3 is 0 Å². The molecule has 3 rings (SSSR count). The number of ether oxygens (including phenoxy) is 2. The summed E-state index contributed by atoms with van der Waals surface area (Å²) in [6, 6.07) is 7.44. The summed E-state index contributed by atoms with van der Waals surface area (Å²) in [5.41, 5.74) is 0.247. The number of nitrogens with one attached hydrogen (secondary N) is 2. The molecule has 98 valence electrons. The second-order valence-corrected chi connectivity index (χ2v) is 4.06. The van der Waals surface area contributed by atoms with Crippen LogP contribution in [0.2, 0.25) is 0 Å². The van der Waals surface area contributed by atoms with Crippen molar-refractivity contribution in [2.24, 2.45) is 0 Å². The second kappa shape index (κ2) is 4.97. The predicted molar refractivity (Wildman–Crippen MR) is 65.1 cm³/mol. The zero-order chi connectivity index (χ0) is 13.1. The van der Waals surface area contributed by atoms with Crippen molar-refractivity contribution in [2.45, 2.75) is 6.10 Å². The molecular formula is C12H12N4O3. The van der Waals surface area contributed by atoms with Crippen LogP contribution in [0, 0.1) is 0 Å². The molecule has 1 aromatic carbocycles. The highest BCUT2D eigenvalue weighted by Crippen LogP contribution is 2.30. The summed E-state index contributed by atoms with van der Waals surface area (Å²) in [5, 5.41) is 12.4. The summed E-state index contributed by atoms with van der Waals surface area (Å²) in [6.07, 6.45) is 1.15. The lowest BCUT2D eigenvalue weighted by molar-refractivity contribution is 0.0786. The number of benzene rings is 1. The summed E-state index contributed by atoms with van der Waals surface area (Å²) in [6.45, 7) is 0.746. The number of H-pyrrole nitrogens is 1. The van der Waals surface area contributed by atoms with E-state index in [1.165, 1.54) is 6.20 Å². The summed E-state index contributed by atoms with van der Waals surface area (Å²) < 4.78 is 11.3. The molecule has 19 heavy (non-hydrogen) atoms. The Kier molecular flexibility index (Phi) is 3.01. The number of hydrogen-bond acceptors (Lipinski definition) is 5. The van der Waals surface area contributed by atoms with E-state index in [4.69, 9.17) is 9.47 Å². The van der Waals surface area contributed by atoms with E-state index in [9.17, 15) is 4.79 Å². The zero-order valence-electron chi connectivity index (χ0n) is 10.00. The summed E-state index contributed by atoms with van der Waals surface area (Å²) >= 11 is 0. The molecule has 1 aliphatic rings. The van der Waals surface area contributed by atoms with E-state index in [2.05, 4.69) is 20.7 Å². The van der Waals surface area contributed by atoms with Crippen LogP contribution in [0.3, 0.4) is 0 Å². The highest BCUT2D eigenvalue weighted by Gasteiger charge is 2.21. The zero-order valence-corrected chi connectivity index (χ0v) is 10.00. The van der Waals surface area contributed by atoms with E-state index in [0.29, 0.717) is 18.9 Å². The maximum atomic E-state index is 11.7. The van der Waals surface area contributed by atoms with Crippen molar-refractivity contribution in [1.82, 2.24) is 20.7 Å². The van der Waals surface area contributed by atoms with Gasteiger partial charge in [-0.05, 0) is 12.1 Å². The number of aromatic amines is 1. The molecule has 1 atom stereocenters. The lowest BCUT2D eigenvalue weighted by atomic mass is 10.2. The van der Waals surface area contributed by atoms with Crippen LogP contribution >= 0.6 is 0 Å². The fraction of sp³-hybridized carbons (Fsp3) is 0.250. The normalized spacial score (nSPS) is 16.9. The number of nitrogens with zero attached hydrogens (tertiary/aromatic N) is 2. The molecule has 0 saturated carbocycles. The third-order valence-corrected chi connectivity index (χ3v) is 2.71. The fourth-order valence-corrected chi connectivity index (χ4v) is 1.77. The smallest absolute Gasteiger partial charge is 0.273 e. The minimum Gasteiger partial charge on any atom is -0.486 e. The Morgan fingerprint density at radius 3 is 3.05 bits per heavy atom. The molecule has 7 nitrogen and oxygen atoms in total. The van der Waals surface area contributed by atoms with E-state index >= 15 is 0 Å². The largest absolute Gasteiger partial charge is 0.486 e. The van der Waals surface area contributed by atoms with Gasteiger partial charge in [-0.3, -0.25) is 4.79 Å². The number of para-hydroxylation sites is 2. The van der Waals surface area contributed by atoms with Gasteiger partial charge in [0.15, 0.2) is 17.2 Å². The third-order valence-electron chi connectivity index (χ3n) is 2.71.